The summed E-state index contributed by atoms with van der Waals surface area (Å²) in [6, 6.07) is 0.479. The molecule has 2 fully saturated rings. The van der Waals surface area contributed by atoms with E-state index in [1.165, 1.54) is 0 Å². The van der Waals surface area contributed by atoms with Gasteiger partial charge in [-0.25, -0.2) is 4.79 Å². The van der Waals surface area contributed by atoms with Crippen molar-refractivity contribution in [2.24, 2.45) is 5.92 Å². The van der Waals surface area contributed by atoms with Gasteiger partial charge in [0.05, 0.1) is 0 Å². The summed E-state index contributed by atoms with van der Waals surface area (Å²) >= 11 is 0. The monoisotopic (exact) mass is 332 g/mol. The van der Waals surface area contributed by atoms with E-state index in [1.54, 1.807) is 19.0 Å². The molecule has 22 heavy (non-hydrogen) atoms. The van der Waals surface area contributed by atoms with Crippen LogP contribution >= 0.6 is 12.4 Å². The Kier molecular flexibility index (Phi) is 7.42. The predicted octanol–water partition coefficient (Wildman–Crippen LogP) is 1.01. The minimum absolute atomic E-state index is 0. The number of nitrogens with zero attached hydrogens (tertiary/aromatic N) is 3. The molecule has 1 unspecified atom stereocenters. The van der Waals surface area contributed by atoms with Crippen LogP contribution in [0.2, 0.25) is 0 Å². The first-order valence-electron chi connectivity index (χ1n) is 7.95. The Labute approximate surface area is 139 Å². The summed E-state index contributed by atoms with van der Waals surface area (Å²) in [5.41, 5.74) is 0. The molecule has 0 aliphatic carbocycles. The molecule has 2 heterocycles. The van der Waals surface area contributed by atoms with Gasteiger partial charge in [0.25, 0.3) is 0 Å². The number of urea groups is 1. The van der Waals surface area contributed by atoms with Crippen molar-refractivity contribution in [2.45, 2.75) is 31.7 Å². The van der Waals surface area contributed by atoms with Crippen LogP contribution in [-0.2, 0) is 4.79 Å². The number of hydrogen-bond donors (Lipinski definition) is 1. The molecule has 1 atom stereocenters. The predicted molar refractivity (Wildman–Crippen MR) is 89.3 cm³/mol. The summed E-state index contributed by atoms with van der Waals surface area (Å²) in [6.45, 7) is 3.09. The van der Waals surface area contributed by atoms with Crippen molar-refractivity contribution in [3.8, 4) is 0 Å². The number of carbonyl (C=O) groups is 2. The van der Waals surface area contributed by atoms with Crippen molar-refractivity contribution in [3.63, 3.8) is 0 Å². The van der Waals surface area contributed by atoms with Crippen LogP contribution in [0.4, 0.5) is 4.79 Å². The molecule has 2 rings (SSSR count). The van der Waals surface area contributed by atoms with Crippen LogP contribution in [0.3, 0.4) is 0 Å². The Bertz CT molecular complexity index is 384. The number of likely N-dealkylation sites (N-methyl/N-ethyl adjacent to an activating group) is 1. The van der Waals surface area contributed by atoms with Gasteiger partial charge in [-0.15, -0.1) is 12.4 Å². The zero-order valence-electron chi connectivity index (χ0n) is 13.9. The SMILES string of the molecule is CNC1CCCN(C(=O)C2CCN(C(=O)N(C)C)CC2)C1.Cl. The van der Waals surface area contributed by atoms with Gasteiger partial charge in [0.1, 0.15) is 0 Å². The highest BCUT2D eigenvalue weighted by atomic mass is 35.5. The number of hydrogen-bond acceptors (Lipinski definition) is 3. The Balaban J connectivity index is 0.00000242. The quantitative estimate of drug-likeness (QED) is 0.821. The van der Waals surface area contributed by atoms with E-state index in [0.717, 1.165) is 38.8 Å². The lowest BCUT2D eigenvalue weighted by Crippen LogP contribution is -2.51. The van der Waals surface area contributed by atoms with Gasteiger partial charge >= 0.3 is 6.03 Å². The molecule has 0 bridgehead atoms. The third kappa shape index (κ3) is 4.49. The van der Waals surface area contributed by atoms with E-state index >= 15 is 0 Å². The number of amides is 3. The topological polar surface area (TPSA) is 55.9 Å². The van der Waals surface area contributed by atoms with Gasteiger partial charge in [-0.2, -0.15) is 0 Å². The third-order valence-electron chi connectivity index (χ3n) is 4.64. The zero-order chi connectivity index (χ0) is 15.4. The van der Waals surface area contributed by atoms with E-state index in [9.17, 15) is 9.59 Å². The minimum atomic E-state index is 0. The Morgan fingerprint density at radius 3 is 2.23 bits per heavy atom. The van der Waals surface area contributed by atoms with Crippen molar-refractivity contribution >= 4 is 24.3 Å². The molecule has 7 heteroatoms. The van der Waals surface area contributed by atoms with Crippen molar-refractivity contribution in [1.82, 2.24) is 20.0 Å². The van der Waals surface area contributed by atoms with E-state index < -0.39 is 0 Å². The molecule has 0 aromatic carbocycles. The first-order chi connectivity index (χ1) is 10.0. The average molecular weight is 333 g/mol. The van der Waals surface area contributed by atoms with Gasteiger partial charge in [-0.3, -0.25) is 4.79 Å². The van der Waals surface area contributed by atoms with Gasteiger partial charge < -0.3 is 20.0 Å². The molecule has 2 aliphatic heterocycles. The van der Waals surface area contributed by atoms with Gasteiger partial charge in [0, 0.05) is 52.2 Å². The van der Waals surface area contributed by atoms with Crippen LogP contribution in [0.1, 0.15) is 25.7 Å². The number of likely N-dealkylation sites (tertiary alicyclic amines) is 2. The Hall–Kier alpha value is -1.01. The normalized spacial score (nSPS) is 23.0. The fourth-order valence-electron chi connectivity index (χ4n) is 3.27. The molecule has 0 aromatic heterocycles. The van der Waals surface area contributed by atoms with Crippen LogP contribution < -0.4 is 5.32 Å². The van der Waals surface area contributed by atoms with Crippen molar-refractivity contribution in [1.29, 1.82) is 0 Å². The van der Waals surface area contributed by atoms with Gasteiger partial charge in [-0.1, -0.05) is 0 Å². The van der Waals surface area contributed by atoms with Crippen LogP contribution in [-0.4, -0.2) is 80.0 Å². The smallest absolute Gasteiger partial charge is 0.319 e. The molecule has 0 saturated carbocycles. The Morgan fingerprint density at radius 2 is 1.68 bits per heavy atom. The molecule has 2 aliphatic rings. The maximum absolute atomic E-state index is 12.6. The average Bonchev–Trinajstić information content (AvgIpc) is 2.53. The molecule has 2 saturated heterocycles. The molecule has 0 radical (unpaired) electrons. The number of rotatable bonds is 2. The highest BCUT2D eigenvalue weighted by molar-refractivity contribution is 5.85. The maximum atomic E-state index is 12.6. The highest BCUT2D eigenvalue weighted by Crippen LogP contribution is 2.22. The minimum Gasteiger partial charge on any atom is -0.341 e. The third-order valence-corrected chi connectivity index (χ3v) is 4.64. The first-order valence-corrected chi connectivity index (χ1v) is 7.95. The first kappa shape index (κ1) is 19.0. The second-order valence-corrected chi connectivity index (χ2v) is 6.35. The molecular weight excluding hydrogens is 304 g/mol. The van der Waals surface area contributed by atoms with Gasteiger partial charge in [0.2, 0.25) is 5.91 Å². The molecule has 128 valence electrons. The molecule has 6 nitrogen and oxygen atoms in total. The second-order valence-electron chi connectivity index (χ2n) is 6.35. The Morgan fingerprint density at radius 1 is 1.05 bits per heavy atom. The van der Waals surface area contributed by atoms with E-state index in [0.29, 0.717) is 19.1 Å². The number of halogens is 1. The summed E-state index contributed by atoms with van der Waals surface area (Å²) < 4.78 is 0. The van der Waals surface area contributed by atoms with Crippen LogP contribution in [0.25, 0.3) is 0 Å². The van der Waals surface area contributed by atoms with Gasteiger partial charge in [-0.05, 0) is 32.7 Å². The second kappa shape index (κ2) is 8.58. The van der Waals surface area contributed by atoms with E-state index in [2.05, 4.69) is 5.32 Å². The molecular formula is C15H29ClN4O2. The molecule has 3 amide bonds. The summed E-state index contributed by atoms with van der Waals surface area (Å²) in [4.78, 5) is 30.0. The number of piperidine rings is 2. The van der Waals surface area contributed by atoms with Crippen LogP contribution in [0.5, 0.6) is 0 Å². The molecule has 1 N–H and O–H groups in total. The maximum Gasteiger partial charge on any atom is 0.319 e. The summed E-state index contributed by atoms with van der Waals surface area (Å²) in [7, 11) is 5.50. The number of nitrogens with one attached hydrogen (secondary N) is 1. The van der Waals surface area contributed by atoms with E-state index in [4.69, 9.17) is 0 Å². The lowest BCUT2D eigenvalue weighted by atomic mass is 9.94. The highest BCUT2D eigenvalue weighted by Gasteiger charge is 2.32. The number of carbonyl (C=O) groups excluding carboxylic acids is 2. The lowest BCUT2D eigenvalue weighted by Gasteiger charge is -2.38. The van der Waals surface area contributed by atoms with Crippen molar-refractivity contribution < 1.29 is 9.59 Å². The summed E-state index contributed by atoms with van der Waals surface area (Å²) in [6.07, 6.45) is 3.81. The summed E-state index contributed by atoms with van der Waals surface area (Å²) in [5.74, 6) is 0.374. The zero-order valence-corrected chi connectivity index (χ0v) is 14.7. The lowest BCUT2D eigenvalue weighted by molar-refractivity contribution is -0.138. The van der Waals surface area contributed by atoms with E-state index in [1.807, 2.05) is 16.8 Å². The summed E-state index contributed by atoms with van der Waals surface area (Å²) in [5, 5.41) is 3.27. The molecule has 0 spiro atoms. The fraction of sp³-hybridized carbons (Fsp3) is 0.867. The largest absolute Gasteiger partial charge is 0.341 e. The molecule has 0 aromatic rings. The van der Waals surface area contributed by atoms with Gasteiger partial charge in [0.15, 0.2) is 0 Å². The fourth-order valence-corrected chi connectivity index (χ4v) is 3.27. The van der Waals surface area contributed by atoms with Crippen LogP contribution in [0.15, 0.2) is 0 Å². The van der Waals surface area contributed by atoms with Crippen molar-refractivity contribution in [3.05, 3.63) is 0 Å². The standard InChI is InChI=1S/C15H28N4O2.ClH/c1-16-13-5-4-8-19(11-13)14(20)12-6-9-18(10-7-12)15(21)17(2)3;/h12-13,16H,4-11H2,1-3H3;1H. The van der Waals surface area contributed by atoms with E-state index in [-0.39, 0.29) is 30.3 Å². The van der Waals surface area contributed by atoms with Crippen LogP contribution in [0, 0.1) is 5.92 Å². The van der Waals surface area contributed by atoms with Crippen molar-refractivity contribution in [2.75, 3.05) is 47.3 Å².